The first kappa shape index (κ1) is 13.8. The molecular formula is C18H20ClFO. The Balaban J connectivity index is 1.57. The summed E-state index contributed by atoms with van der Waals surface area (Å²) in [6.45, 7) is 0. The molecule has 0 saturated heterocycles. The molecule has 0 amide bonds. The molecule has 0 unspecified atom stereocenters. The van der Waals surface area contributed by atoms with Crippen LogP contribution in [0.15, 0.2) is 18.2 Å². The summed E-state index contributed by atoms with van der Waals surface area (Å²) in [6.07, 6.45) is 7.62. The summed E-state index contributed by atoms with van der Waals surface area (Å²) in [7, 11) is 0. The van der Waals surface area contributed by atoms with E-state index in [0.29, 0.717) is 17.2 Å². The lowest BCUT2D eigenvalue weighted by molar-refractivity contribution is -0.143. The summed E-state index contributed by atoms with van der Waals surface area (Å²) in [6, 6.07) is 4.37. The van der Waals surface area contributed by atoms with Crippen molar-refractivity contribution in [2.45, 2.75) is 44.9 Å². The molecule has 5 rings (SSSR count). The summed E-state index contributed by atoms with van der Waals surface area (Å²) in [4.78, 5) is 13.0. The summed E-state index contributed by atoms with van der Waals surface area (Å²) in [5.74, 6) is 2.30. The molecule has 4 fully saturated rings. The van der Waals surface area contributed by atoms with Gasteiger partial charge in [0.05, 0.1) is 0 Å². The molecule has 4 saturated carbocycles. The number of carbonyl (C=O) groups is 1. The molecule has 0 atom stereocenters. The molecule has 1 nitrogen and oxygen atoms in total. The first-order valence-corrected chi connectivity index (χ1v) is 8.39. The van der Waals surface area contributed by atoms with Crippen LogP contribution in [0.2, 0.25) is 5.02 Å². The van der Waals surface area contributed by atoms with Gasteiger partial charge in [-0.1, -0.05) is 17.7 Å². The van der Waals surface area contributed by atoms with Gasteiger partial charge in [-0.15, -0.1) is 0 Å². The van der Waals surface area contributed by atoms with Gasteiger partial charge in [0.2, 0.25) is 0 Å². The normalized spacial score (nSPS) is 37.0. The van der Waals surface area contributed by atoms with Crippen LogP contribution in [-0.4, -0.2) is 5.78 Å². The van der Waals surface area contributed by atoms with Crippen LogP contribution in [0.25, 0.3) is 0 Å². The maximum atomic E-state index is 13.1. The highest BCUT2D eigenvalue weighted by Crippen LogP contribution is 2.60. The Morgan fingerprint density at radius 1 is 1.14 bits per heavy atom. The second-order valence-electron chi connectivity index (χ2n) is 7.53. The van der Waals surface area contributed by atoms with E-state index >= 15 is 0 Å². The van der Waals surface area contributed by atoms with Gasteiger partial charge in [0, 0.05) is 16.9 Å². The molecule has 112 valence electrons. The van der Waals surface area contributed by atoms with Crippen molar-refractivity contribution in [2.24, 2.45) is 23.2 Å². The first-order valence-electron chi connectivity index (χ1n) is 8.01. The molecule has 4 aliphatic carbocycles. The molecule has 3 heteroatoms. The lowest BCUT2D eigenvalue weighted by Crippen LogP contribution is -2.50. The Bertz CT molecular complexity index is 560. The van der Waals surface area contributed by atoms with Crippen molar-refractivity contribution in [1.82, 2.24) is 0 Å². The van der Waals surface area contributed by atoms with Crippen LogP contribution < -0.4 is 0 Å². The Morgan fingerprint density at radius 3 is 2.24 bits per heavy atom. The van der Waals surface area contributed by atoms with Crippen LogP contribution in [0.3, 0.4) is 0 Å². The fourth-order valence-electron chi connectivity index (χ4n) is 5.48. The molecule has 1 aromatic carbocycles. The van der Waals surface area contributed by atoms with E-state index < -0.39 is 0 Å². The van der Waals surface area contributed by atoms with Crippen molar-refractivity contribution in [2.75, 3.05) is 0 Å². The molecule has 4 bridgehead atoms. The quantitative estimate of drug-likeness (QED) is 0.783. The van der Waals surface area contributed by atoms with Gasteiger partial charge >= 0.3 is 0 Å². The minimum Gasteiger partial charge on any atom is -0.299 e. The molecule has 21 heavy (non-hydrogen) atoms. The zero-order valence-corrected chi connectivity index (χ0v) is 12.8. The predicted molar refractivity (Wildman–Crippen MR) is 80.7 cm³/mol. The summed E-state index contributed by atoms with van der Waals surface area (Å²) >= 11 is 6.09. The van der Waals surface area contributed by atoms with E-state index in [4.69, 9.17) is 11.6 Å². The zero-order chi connectivity index (χ0) is 14.6. The molecular weight excluding hydrogens is 287 g/mol. The van der Waals surface area contributed by atoms with Crippen molar-refractivity contribution in [1.29, 1.82) is 0 Å². The molecule has 4 aliphatic rings. The Kier molecular flexibility index (Phi) is 3.15. The van der Waals surface area contributed by atoms with Gasteiger partial charge < -0.3 is 0 Å². The van der Waals surface area contributed by atoms with E-state index in [1.165, 1.54) is 31.4 Å². The molecule has 0 heterocycles. The minimum atomic E-state index is -0.342. The summed E-state index contributed by atoms with van der Waals surface area (Å²) in [5, 5.41) is 0.382. The smallest absolute Gasteiger partial charge is 0.143 e. The van der Waals surface area contributed by atoms with Crippen molar-refractivity contribution >= 4 is 17.4 Å². The fourth-order valence-corrected chi connectivity index (χ4v) is 5.71. The van der Waals surface area contributed by atoms with Gasteiger partial charge in [-0.25, -0.2) is 4.39 Å². The van der Waals surface area contributed by atoms with Gasteiger partial charge in [0.1, 0.15) is 11.6 Å². The topological polar surface area (TPSA) is 17.1 Å². The second-order valence-corrected chi connectivity index (χ2v) is 7.94. The van der Waals surface area contributed by atoms with Crippen molar-refractivity contribution < 1.29 is 9.18 Å². The maximum absolute atomic E-state index is 13.1. The summed E-state index contributed by atoms with van der Waals surface area (Å²) in [5.41, 5.74) is 0.686. The summed E-state index contributed by atoms with van der Waals surface area (Å²) < 4.78 is 13.1. The average Bonchev–Trinajstić information content (AvgIpc) is 2.40. The van der Waals surface area contributed by atoms with E-state index in [0.717, 1.165) is 42.6 Å². The van der Waals surface area contributed by atoms with E-state index in [-0.39, 0.29) is 11.2 Å². The fraction of sp³-hybridized carbons (Fsp3) is 0.611. The molecule has 0 spiro atoms. The van der Waals surface area contributed by atoms with Crippen LogP contribution in [0.5, 0.6) is 0 Å². The van der Waals surface area contributed by atoms with Crippen LogP contribution in [0.1, 0.15) is 44.1 Å². The van der Waals surface area contributed by atoms with Gasteiger partial charge in [-0.05, 0) is 74.0 Å². The Hall–Kier alpha value is -0.890. The standard InChI is InChI=1S/C18H20ClFO/c19-16-7-15(20)2-1-14(16)6-17(21)18-8-11-3-12(9-18)5-13(4-11)10-18/h1-2,7,11-13H,3-6,8-10H2. The zero-order valence-electron chi connectivity index (χ0n) is 12.1. The van der Waals surface area contributed by atoms with Gasteiger partial charge in [0.15, 0.2) is 0 Å². The van der Waals surface area contributed by atoms with Crippen molar-refractivity contribution in [3.63, 3.8) is 0 Å². The minimum absolute atomic E-state index is 0.0908. The van der Waals surface area contributed by atoms with Gasteiger partial charge in [-0.3, -0.25) is 4.79 Å². The number of hydrogen-bond donors (Lipinski definition) is 0. The molecule has 0 N–H and O–H groups in total. The molecule has 0 aliphatic heterocycles. The number of benzene rings is 1. The van der Waals surface area contributed by atoms with Gasteiger partial charge in [0.25, 0.3) is 0 Å². The van der Waals surface area contributed by atoms with Crippen LogP contribution in [0.4, 0.5) is 4.39 Å². The number of rotatable bonds is 3. The lowest BCUT2D eigenvalue weighted by Gasteiger charge is -2.56. The SMILES string of the molecule is O=C(Cc1ccc(F)cc1Cl)C12CC3CC(CC(C3)C1)C2. The van der Waals surface area contributed by atoms with Gasteiger partial charge in [-0.2, -0.15) is 0 Å². The highest BCUT2D eigenvalue weighted by Gasteiger charge is 2.54. The molecule has 0 aromatic heterocycles. The van der Waals surface area contributed by atoms with Crippen molar-refractivity contribution in [3.05, 3.63) is 34.6 Å². The highest BCUT2D eigenvalue weighted by atomic mass is 35.5. The number of halogens is 2. The first-order chi connectivity index (χ1) is 10.0. The van der Waals surface area contributed by atoms with Crippen LogP contribution >= 0.6 is 11.6 Å². The second kappa shape index (κ2) is 4.81. The van der Waals surface area contributed by atoms with Crippen molar-refractivity contribution in [3.8, 4) is 0 Å². The van der Waals surface area contributed by atoms with Crippen LogP contribution in [-0.2, 0) is 11.2 Å². The third kappa shape index (κ3) is 2.32. The molecule has 0 radical (unpaired) electrons. The Morgan fingerprint density at radius 2 is 1.71 bits per heavy atom. The largest absolute Gasteiger partial charge is 0.299 e. The number of hydrogen-bond acceptors (Lipinski definition) is 1. The Labute approximate surface area is 129 Å². The van der Waals surface area contributed by atoms with Crippen LogP contribution in [0, 0.1) is 29.0 Å². The predicted octanol–water partition coefficient (Wildman–Crippen LogP) is 4.81. The third-order valence-corrected chi connectivity index (χ3v) is 6.35. The maximum Gasteiger partial charge on any atom is 0.143 e. The molecule has 1 aromatic rings. The average molecular weight is 307 g/mol. The number of Topliss-reactive ketones (excluding diaryl/α,β-unsaturated/α-hetero) is 1. The number of carbonyl (C=O) groups excluding carboxylic acids is 1. The van der Waals surface area contributed by atoms with E-state index in [9.17, 15) is 9.18 Å². The van der Waals surface area contributed by atoms with E-state index in [1.807, 2.05) is 0 Å². The highest BCUT2D eigenvalue weighted by molar-refractivity contribution is 6.31. The monoisotopic (exact) mass is 306 g/mol. The lowest BCUT2D eigenvalue weighted by atomic mass is 9.48. The van der Waals surface area contributed by atoms with E-state index in [1.54, 1.807) is 6.07 Å². The number of ketones is 1. The third-order valence-electron chi connectivity index (χ3n) is 6.00. The van der Waals surface area contributed by atoms with E-state index in [2.05, 4.69) is 0 Å².